The molecule has 2 aromatic rings. The normalized spacial score (nSPS) is 21.4. The maximum Gasteiger partial charge on any atom is 0.271 e. The monoisotopic (exact) mass is 339 g/mol. The van der Waals surface area contributed by atoms with Crippen LogP contribution in [0.4, 0.5) is 5.69 Å². The van der Waals surface area contributed by atoms with Crippen molar-refractivity contribution in [1.29, 1.82) is 0 Å². The number of carbonyl (C=O) groups excluding carboxylic acids is 1. The van der Waals surface area contributed by atoms with Gasteiger partial charge in [-0.05, 0) is 55.7 Å². The molecule has 2 atom stereocenters. The molecule has 0 N–H and O–H groups in total. The molecule has 0 bridgehead atoms. The summed E-state index contributed by atoms with van der Waals surface area (Å²) in [5.41, 5.74) is 2.07. The maximum absolute atomic E-state index is 13.2. The Bertz CT molecular complexity index is 804. The molecule has 5 nitrogen and oxygen atoms in total. The third kappa shape index (κ3) is 2.80. The van der Waals surface area contributed by atoms with Crippen LogP contribution < -0.4 is 19.1 Å². The van der Waals surface area contributed by atoms with Crippen molar-refractivity contribution in [3.63, 3.8) is 0 Å². The fourth-order valence-corrected chi connectivity index (χ4v) is 3.47. The topological polar surface area (TPSA) is 48.0 Å². The highest BCUT2D eigenvalue weighted by Gasteiger charge is 2.38. The smallest absolute Gasteiger partial charge is 0.271 e. The summed E-state index contributed by atoms with van der Waals surface area (Å²) in [6.07, 6.45) is 0.871. The molecule has 0 radical (unpaired) electrons. The van der Waals surface area contributed by atoms with Crippen LogP contribution in [-0.2, 0) is 11.2 Å². The first-order valence-electron chi connectivity index (χ1n) is 8.58. The first-order chi connectivity index (χ1) is 12.2. The van der Waals surface area contributed by atoms with Gasteiger partial charge >= 0.3 is 0 Å². The van der Waals surface area contributed by atoms with Crippen LogP contribution in [0.1, 0.15) is 18.9 Å². The second-order valence-corrected chi connectivity index (χ2v) is 6.40. The van der Waals surface area contributed by atoms with E-state index >= 15 is 0 Å². The zero-order valence-electron chi connectivity index (χ0n) is 14.4. The number of hydrogen-bond donors (Lipinski definition) is 0. The quantitative estimate of drug-likeness (QED) is 0.843. The van der Waals surface area contributed by atoms with Gasteiger partial charge in [-0.3, -0.25) is 4.79 Å². The van der Waals surface area contributed by atoms with Crippen molar-refractivity contribution in [1.82, 2.24) is 0 Å². The van der Waals surface area contributed by atoms with Crippen molar-refractivity contribution in [3.8, 4) is 17.2 Å². The van der Waals surface area contributed by atoms with Gasteiger partial charge in [0, 0.05) is 12.2 Å². The van der Waals surface area contributed by atoms with Crippen molar-refractivity contribution in [2.75, 3.05) is 18.6 Å². The number of rotatable bonds is 2. The molecule has 2 aliphatic rings. The van der Waals surface area contributed by atoms with Crippen LogP contribution in [0, 0.1) is 0 Å². The van der Waals surface area contributed by atoms with E-state index in [2.05, 4.69) is 0 Å². The predicted octanol–water partition coefficient (Wildman–Crippen LogP) is 3.20. The van der Waals surface area contributed by atoms with Gasteiger partial charge in [0.25, 0.3) is 5.91 Å². The van der Waals surface area contributed by atoms with Gasteiger partial charge in [-0.1, -0.05) is 12.1 Å². The number of amides is 1. The fraction of sp³-hybridized carbons (Fsp3) is 0.350. The Kier molecular flexibility index (Phi) is 3.99. The lowest BCUT2D eigenvalue weighted by Crippen LogP contribution is -2.52. The summed E-state index contributed by atoms with van der Waals surface area (Å²) in [6.45, 7) is 2.56. The zero-order chi connectivity index (χ0) is 17.4. The number of para-hydroxylation sites is 2. The lowest BCUT2D eigenvalue weighted by Gasteiger charge is -2.36. The number of benzene rings is 2. The van der Waals surface area contributed by atoms with Crippen molar-refractivity contribution in [2.45, 2.75) is 32.0 Å². The first-order valence-corrected chi connectivity index (χ1v) is 8.58. The number of aryl methyl sites for hydroxylation is 1. The molecule has 2 heterocycles. The third-order valence-electron chi connectivity index (χ3n) is 4.76. The Morgan fingerprint density at radius 1 is 1.16 bits per heavy atom. The molecule has 2 aliphatic heterocycles. The van der Waals surface area contributed by atoms with E-state index in [1.165, 1.54) is 0 Å². The van der Waals surface area contributed by atoms with Crippen LogP contribution in [0.5, 0.6) is 17.2 Å². The number of hydrogen-bond acceptors (Lipinski definition) is 4. The molecule has 25 heavy (non-hydrogen) atoms. The predicted molar refractivity (Wildman–Crippen MR) is 94.6 cm³/mol. The van der Waals surface area contributed by atoms with Crippen LogP contribution in [0.25, 0.3) is 0 Å². The highest BCUT2D eigenvalue weighted by Crippen LogP contribution is 2.36. The second-order valence-electron chi connectivity index (χ2n) is 6.40. The molecule has 0 saturated carbocycles. The summed E-state index contributed by atoms with van der Waals surface area (Å²) >= 11 is 0. The Balaban J connectivity index is 1.62. The number of anilines is 1. The molecule has 130 valence electrons. The summed E-state index contributed by atoms with van der Waals surface area (Å²) in [5, 5.41) is 0. The van der Waals surface area contributed by atoms with E-state index in [9.17, 15) is 4.79 Å². The summed E-state index contributed by atoms with van der Waals surface area (Å²) in [7, 11) is 1.65. The van der Waals surface area contributed by atoms with Gasteiger partial charge in [-0.15, -0.1) is 0 Å². The van der Waals surface area contributed by atoms with Gasteiger partial charge in [-0.25, -0.2) is 0 Å². The van der Waals surface area contributed by atoms with Crippen LogP contribution in [0.15, 0.2) is 42.5 Å². The van der Waals surface area contributed by atoms with Gasteiger partial charge in [0.2, 0.25) is 6.10 Å². The van der Waals surface area contributed by atoms with E-state index in [1.54, 1.807) is 7.11 Å². The van der Waals surface area contributed by atoms with Gasteiger partial charge in [-0.2, -0.15) is 0 Å². The highest BCUT2D eigenvalue weighted by atomic mass is 16.6. The number of fused-ring (bicyclic) bond motifs is 2. The van der Waals surface area contributed by atoms with Crippen LogP contribution >= 0.6 is 0 Å². The molecule has 0 saturated heterocycles. The summed E-state index contributed by atoms with van der Waals surface area (Å²) < 4.78 is 17.2. The molecule has 0 aliphatic carbocycles. The van der Waals surface area contributed by atoms with Crippen molar-refractivity contribution in [3.05, 3.63) is 48.0 Å². The molecule has 2 aromatic carbocycles. The van der Waals surface area contributed by atoms with E-state index in [4.69, 9.17) is 14.2 Å². The summed E-state index contributed by atoms with van der Waals surface area (Å²) in [5.74, 6) is 2.05. The SMILES string of the molecule is COc1ccc2c(c1)CCCN2C(=O)C1Oc2ccccc2OC1C. The van der Waals surface area contributed by atoms with Crippen molar-refractivity contribution >= 4 is 11.6 Å². The lowest BCUT2D eigenvalue weighted by atomic mass is 10.00. The van der Waals surface area contributed by atoms with Gasteiger partial charge in [0.1, 0.15) is 11.9 Å². The summed E-state index contributed by atoms with van der Waals surface area (Å²) in [6, 6.07) is 13.3. The Morgan fingerprint density at radius 2 is 1.92 bits per heavy atom. The van der Waals surface area contributed by atoms with Gasteiger partial charge in [0.05, 0.1) is 7.11 Å². The van der Waals surface area contributed by atoms with E-state index in [0.717, 1.165) is 29.8 Å². The van der Waals surface area contributed by atoms with E-state index < -0.39 is 6.10 Å². The molecule has 2 unspecified atom stereocenters. The van der Waals surface area contributed by atoms with E-state index in [-0.39, 0.29) is 12.0 Å². The number of ether oxygens (including phenoxy) is 3. The largest absolute Gasteiger partial charge is 0.497 e. The van der Waals surface area contributed by atoms with Crippen LogP contribution in [0.3, 0.4) is 0 Å². The Morgan fingerprint density at radius 3 is 2.68 bits per heavy atom. The van der Waals surface area contributed by atoms with Crippen LogP contribution in [0.2, 0.25) is 0 Å². The average molecular weight is 339 g/mol. The Labute approximate surface area is 147 Å². The molecule has 0 fully saturated rings. The first kappa shape index (κ1) is 15.8. The second kappa shape index (κ2) is 6.31. The minimum absolute atomic E-state index is 0.0619. The van der Waals surface area contributed by atoms with Crippen LogP contribution in [-0.4, -0.2) is 31.8 Å². The fourth-order valence-electron chi connectivity index (χ4n) is 3.47. The van der Waals surface area contributed by atoms with Gasteiger partial charge < -0.3 is 19.1 Å². The molecular formula is C20H21NO4. The molecule has 0 aromatic heterocycles. The zero-order valence-corrected chi connectivity index (χ0v) is 14.4. The number of nitrogens with zero attached hydrogens (tertiary/aromatic N) is 1. The van der Waals surface area contributed by atoms with Gasteiger partial charge in [0.15, 0.2) is 11.5 Å². The summed E-state index contributed by atoms with van der Waals surface area (Å²) in [4.78, 5) is 15.0. The molecule has 4 rings (SSSR count). The lowest BCUT2D eigenvalue weighted by molar-refractivity contribution is -0.130. The minimum Gasteiger partial charge on any atom is -0.497 e. The van der Waals surface area contributed by atoms with E-state index in [1.807, 2.05) is 54.3 Å². The molecular weight excluding hydrogens is 318 g/mol. The average Bonchev–Trinajstić information content (AvgIpc) is 2.66. The van der Waals surface area contributed by atoms with E-state index in [0.29, 0.717) is 18.0 Å². The molecule has 5 heteroatoms. The van der Waals surface area contributed by atoms with Crippen molar-refractivity contribution in [2.24, 2.45) is 0 Å². The number of carbonyl (C=O) groups is 1. The standard InChI is InChI=1S/C20H21NO4/c1-13-19(25-18-8-4-3-7-17(18)24-13)20(22)21-11-5-6-14-12-15(23-2)9-10-16(14)21/h3-4,7-10,12-13,19H,5-6,11H2,1-2H3. The Hall–Kier alpha value is -2.69. The maximum atomic E-state index is 13.2. The molecule has 1 amide bonds. The minimum atomic E-state index is -0.650. The number of methoxy groups -OCH3 is 1. The highest BCUT2D eigenvalue weighted by molar-refractivity contribution is 5.98. The van der Waals surface area contributed by atoms with Crippen molar-refractivity contribution < 1.29 is 19.0 Å². The third-order valence-corrected chi connectivity index (χ3v) is 4.76. The molecule has 0 spiro atoms.